The first-order valence-corrected chi connectivity index (χ1v) is 19.3. The number of hydrogen-bond donors (Lipinski definition) is 2. The third kappa shape index (κ3) is 7.01. The van der Waals surface area contributed by atoms with E-state index in [2.05, 4.69) is 63.8 Å². The summed E-state index contributed by atoms with van der Waals surface area (Å²) in [5.41, 5.74) is 11.3. The molecule has 4 aromatic heterocycles. The van der Waals surface area contributed by atoms with E-state index in [9.17, 15) is 14.0 Å². The number of benzene rings is 3. The number of thiophene rings is 1. The van der Waals surface area contributed by atoms with Gasteiger partial charge in [0.15, 0.2) is 11.6 Å². The minimum absolute atomic E-state index is 0.0208. The Bertz CT molecular complexity index is 2550. The third-order valence-electron chi connectivity index (χ3n) is 10.6. The predicted octanol–water partition coefficient (Wildman–Crippen LogP) is 5.28. The summed E-state index contributed by atoms with van der Waals surface area (Å²) in [6.07, 6.45) is 6.21. The molecule has 0 unspecified atom stereocenters. The highest BCUT2D eigenvalue weighted by molar-refractivity contribution is 7.20. The number of anilines is 3. The van der Waals surface area contributed by atoms with Gasteiger partial charge in [-0.15, -0.1) is 11.3 Å². The minimum Gasteiger partial charge on any atom is -0.379 e. The van der Waals surface area contributed by atoms with Crippen molar-refractivity contribution in [1.82, 2.24) is 34.3 Å². The number of carbonyl (C=O) groups excluding carboxylic acids is 1. The molecule has 0 radical (unpaired) electrons. The Labute approximate surface area is 320 Å². The zero-order chi connectivity index (χ0) is 37.5. The van der Waals surface area contributed by atoms with Crippen LogP contribution in [0, 0.1) is 5.82 Å². The quantitative estimate of drug-likeness (QED) is 0.202. The summed E-state index contributed by atoms with van der Waals surface area (Å²) in [6.45, 7) is 5.81. The molecule has 2 saturated heterocycles. The van der Waals surface area contributed by atoms with E-state index in [0.717, 1.165) is 75.2 Å². The molecule has 1 amide bonds. The van der Waals surface area contributed by atoms with Gasteiger partial charge in [-0.25, -0.2) is 19.3 Å². The first-order valence-electron chi connectivity index (χ1n) is 18.4. The number of piperazine rings is 1. The minimum atomic E-state index is -0.428. The fourth-order valence-corrected chi connectivity index (χ4v) is 8.56. The lowest BCUT2D eigenvalue weighted by Crippen LogP contribution is -2.47. The van der Waals surface area contributed by atoms with Crippen LogP contribution in [0.15, 0.2) is 108 Å². The van der Waals surface area contributed by atoms with Crippen molar-refractivity contribution >= 4 is 55.9 Å². The SMILES string of the molecule is Nc1nc2sc(C(=O)N[C@@H]3CCN(CCc4ccc(N5CCN(c6ncc(F)cn6)CC5)cc4)C3)cc2n(-c2ccc3ccn(-c4ccccc4)c3c2)c1=O. The van der Waals surface area contributed by atoms with Crippen molar-refractivity contribution in [3.8, 4) is 11.4 Å². The van der Waals surface area contributed by atoms with Crippen LogP contribution in [-0.2, 0) is 6.42 Å². The fraction of sp³-hybridized carbons (Fsp3) is 0.244. The van der Waals surface area contributed by atoms with Crippen molar-refractivity contribution in [2.75, 3.05) is 61.3 Å². The zero-order valence-electron chi connectivity index (χ0n) is 30.0. The Morgan fingerprint density at radius 3 is 2.38 bits per heavy atom. The lowest BCUT2D eigenvalue weighted by Gasteiger charge is -2.36. The van der Waals surface area contributed by atoms with E-state index < -0.39 is 11.4 Å². The van der Waals surface area contributed by atoms with Gasteiger partial charge < -0.3 is 30.3 Å². The van der Waals surface area contributed by atoms with Crippen molar-refractivity contribution in [2.24, 2.45) is 0 Å². The van der Waals surface area contributed by atoms with Crippen LogP contribution < -0.4 is 26.4 Å². The van der Waals surface area contributed by atoms with E-state index in [1.807, 2.05) is 60.8 Å². The first kappa shape index (κ1) is 34.6. The molecule has 3 N–H and O–H groups in total. The van der Waals surface area contributed by atoms with Gasteiger partial charge in [0.25, 0.3) is 11.5 Å². The second-order valence-corrected chi connectivity index (χ2v) is 15.1. The van der Waals surface area contributed by atoms with Gasteiger partial charge in [-0.05, 0) is 66.9 Å². The van der Waals surface area contributed by atoms with E-state index in [4.69, 9.17) is 5.73 Å². The highest BCUT2D eigenvalue weighted by Gasteiger charge is 2.26. The number of halogens is 1. The monoisotopic (exact) mass is 754 g/mol. The summed E-state index contributed by atoms with van der Waals surface area (Å²) in [5.74, 6) is -0.154. The van der Waals surface area contributed by atoms with E-state index in [1.165, 1.54) is 35.0 Å². The van der Waals surface area contributed by atoms with Crippen LogP contribution in [0.4, 0.5) is 21.8 Å². The maximum atomic E-state index is 13.6. The number of rotatable bonds is 9. The summed E-state index contributed by atoms with van der Waals surface area (Å²) in [6, 6.07) is 28.4. The van der Waals surface area contributed by atoms with Gasteiger partial charge in [-0.2, -0.15) is 0 Å². The lowest BCUT2D eigenvalue weighted by molar-refractivity contribution is 0.0942. The number of hydrogen-bond acceptors (Lipinski definition) is 10. The van der Waals surface area contributed by atoms with Gasteiger partial charge in [0.1, 0.15) is 4.83 Å². The second kappa shape index (κ2) is 14.6. The number of amides is 1. The van der Waals surface area contributed by atoms with E-state index in [-0.39, 0.29) is 17.8 Å². The van der Waals surface area contributed by atoms with Crippen molar-refractivity contribution in [2.45, 2.75) is 18.9 Å². The first-order chi connectivity index (χ1) is 26.9. The van der Waals surface area contributed by atoms with Crippen molar-refractivity contribution in [1.29, 1.82) is 0 Å². The highest BCUT2D eigenvalue weighted by atomic mass is 32.1. The number of likely N-dealkylation sites (tertiary alicyclic amines) is 1. The van der Waals surface area contributed by atoms with Crippen LogP contribution in [0.5, 0.6) is 0 Å². The maximum Gasteiger partial charge on any atom is 0.298 e. The number of para-hydroxylation sites is 1. The molecule has 14 heteroatoms. The Hall–Kier alpha value is -6.12. The molecule has 2 aliphatic heterocycles. The van der Waals surface area contributed by atoms with Crippen molar-refractivity contribution < 1.29 is 9.18 Å². The number of nitrogens with zero attached hydrogens (tertiary/aromatic N) is 8. The number of aromatic nitrogens is 5. The number of fused-ring (bicyclic) bond motifs is 2. The lowest BCUT2D eigenvalue weighted by atomic mass is 10.1. The topological polar surface area (TPSA) is 130 Å². The van der Waals surface area contributed by atoms with Crippen LogP contribution in [-0.4, -0.2) is 86.7 Å². The Morgan fingerprint density at radius 2 is 1.60 bits per heavy atom. The maximum absolute atomic E-state index is 13.6. The molecule has 12 nitrogen and oxygen atoms in total. The fourth-order valence-electron chi connectivity index (χ4n) is 7.64. The molecule has 9 rings (SSSR count). The van der Waals surface area contributed by atoms with Gasteiger partial charge in [-0.3, -0.25) is 14.2 Å². The van der Waals surface area contributed by atoms with Crippen LogP contribution in [0.2, 0.25) is 0 Å². The molecule has 1 atom stereocenters. The number of nitrogens with one attached hydrogen (secondary N) is 1. The highest BCUT2D eigenvalue weighted by Crippen LogP contribution is 2.29. The average molecular weight is 755 g/mol. The standard InChI is InChI=1S/C41H39FN10O2S/c42-29-24-44-41(45-25-29)50-20-18-49(19-21-50)31-9-6-27(7-10-31)12-15-48-16-14-30(26-48)46-38(53)36-23-35-39(55-36)47-37(43)40(54)52(35)33-11-8-28-13-17-51(34(28)22-33)32-4-2-1-3-5-32/h1-11,13,17,22-25,30H,12,14-16,18-21,26H2,(H2,43,47)(H,46,53)/t30-/m1/s1. The molecule has 0 saturated carbocycles. The van der Waals surface area contributed by atoms with Crippen LogP contribution >= 0.6 is 11.3 Å². The second-order valence-electron chi connectivity index (χ2n) is 14.1. The molecular weight excluding hydrogens is 716 g/mol. The van der Waals surface area contributed by atoms with Gasteiger partial charge in [-0.1, -0.05) is 36.4 Å². The molecule has 55 heavy (non-hydrogen) atoms. The average Bonchev–Trinajstić information content (AvgIpc) is 3.97. The number of nitrogen functional groups attached to an aromatic ring is 1. The Balaban J connectivity index is 0.821. The van der Waals surface area contributed by atoms with Crippen molar-refractivity contribution in [3.05, 3.63) is 130 Å². The summed E-state index contributed by atoms with van der Waals surface area (Å²) < 4.78 is 16.9. The zero-order valence-corrected chi connectivity index (χ0v) is 30.8. The van der Waals surface area contributed by atoms with Gasteiger partial charge in [0.2, 0.25) is 5.95 Å². The summed E-state index contributed by atoms with van der Waals surface area (Å²) >= 11 is 1.24. The molecule has 7 aromatic rings. The molecule has 0 spiro atoms. The molecule has 0 bridgehead atoms. The van der Waals surface area contributed by atoms with E-state index in [1.54, 1.807) is 10.6 Å². The Morgan fingerprint density at radius 1 is 0.855 bits per heavy atom. The normalized spacial score (nSPS) is 16.3. The van der Waals surface area contributed by atoms with Gasteiger partial charge in [0.05, 0.1) is 34.0 Å². The Kier molecular flexibility index (Phi) is 9.20. The third-order valence-corrected chi connectivity index (χ3v) is 11.6. The molecule has 0 aliphatic carbocycles. The smallest absolute Gasteiger partial charge is 0.298 e. The number of carbonyl (C=O) groups is 1. The molecule has 3 aromatic carbocycles. The largest absolute Gasteiger partial charge is 0.379 e. The van der Waals surface area contributed by atoms with Crippen molar-refractivity contribution in [3.63, 3.8) is 0 Å². The van der Waals surface area contributed by atoms with Crippen LogP contribution in [0.1, 0.15) is 21.7 Å². The molecule has 6 heterocycles. The predicted molar refractivity (Wildman–Crippen MR) is 215 cm³/mol. The van der Waals surface area contributed by atoms with Crippen LogP contribution in [0.3, 0.4) is 0 Å². The molecule has 2 aliphatic rings. The summed E-state index contributed by atoms with van der Waals surface area (Å²) in [5, 5.41) is 4.26. The van der Waals surface area contributed by atoms with E-state index >= 15 is 0 Å². The summed E-state index contributed by atoms with van der Waals surface area (Å²) in [4.78, 5) is 47.5. The summed E-state index contributed by atoms with van der Waals surface area (Å²) in [7, 11) is 0. The number of nitrogens with two attached hydrogens (primary N) is 1. The molecule has 2 fully saturated rings. The van der Waals surface area contributed by atoms with Crippen LogP contribution in [0.25, 0.3) is 32.6 Å². The van der Waals surface area contributed by atoms with Gasteiger partial charge >= 0.3 is 0 Å². The van der Waals surface area contributed by atoms with Gasteiger partial charge in [0, 0.05) is 74.8 Å². The van der Waals surface area contributed by atoms with E-state index in [0.29, 0.717) is 26.9 Å². The molecule has 278 valence electrons. The molecular formula is C41H39FN10O2S.